The van der Waals surface area contributed by atoms with E-state index in [1.807, 2.05) is 42.1 Å². The first-order valence-electron chi connectivity index (χ1n) is 8.32. The van der Waals surface area contributed by atoms with Crippen LogP contribution in [-0.4, -0.2) is 37.8 Å². The van der Waals surface area contributed by atoms with Gasteiger partial charge in [0.25, 0.3) is 5.91 Å². The summed E-state index contributed by atoms with van der Waals surface area (Å²) in [5.41, 5.74) is 2.97. The van der Waals surface area contributed by atoms with Crippen LogP contribution in [0.1, 0.15) is 24.6 Å². The molecule has 1 aromatic heterocycles. The fraction of sp³-hybridized carbons (Fsp3) is 0.412. The van der Waals surface area contributed by atoms with Gasteiger partial charge in [0.05, 0.1) is 11.4 Å². The van der Waals surface area contributed by atoms with E-state index >= 15 is 0 Å². The molecule has 1 unspecified atom stereocenters. The lowest BCUT2D eigenvalue weighted by Gasteiger charge is -2.15. The molecule has 6 nitrogen and oxygen atoms in total. The number of nitrogens with one attached hydrogen (secondary N) is 1. The van der Waals surface area contributed by atoms with Crippen molar-refractivity contribution in [3.63, 3.8) is 0 Å². The predicted molar refractivity (Wildman–Crippen MR) is 105 cm³/mol. The maximum atomic E-state index is 12.1. The molecule has 25 heavy (non-hydrogen) atoms. The number of thiol groups is 1. The molecule has 0 saturated carbocycles. The highest BCUT2D eigenvalue weighted by Crippen LogP contribution is 2.20. The Bertz CT molecular complexity index is 759. The number of rotatable bonds is 7. The lowest BCUT2D eigenvalue weighted by molar-refractivity contribution is -0.117. The summed E-state index contributed by atoms with van der Waals surface area (Å²) in [4.78, 5) is 13.7. The smallest absolute Gasteiger partial charge is 0.255 e. The van der Waals surface area contributed by atoms with Gasteiger partial charge >= 0.3 is 0 Å². The molecule has 1 atom stereocenters. The van der Waals surface area contributed by atoms with Gasteiger partial charge in [-0.05, 0) is 61.9 Å². The summed E-state index contributed by atoms with van der Waals surface area (Å²) in [7, 11) is 0. The largest absolute Gasteiger partial charge is 0.350 e. The zero-order valence-corrected chi connectivity index (χ0v) is 15.8. The molecule has 2 aromatic rings. The van der Waals surface area contributed by atoms with Gasteiger partial charge in [-0.1, -0.05) is 17.3 Å². The van der Waals surface area contributed by atoms with Gasteiger partial charge in [-0.3, -0.25) is 14.4 Å². The fourth-order valence-electron chi connectivity index (χ4n) is 2.73. The topological polar surface area (TPSA) is 63.1 Å². The van der Waals surface area contributed by atoms with Gasteiger partial charge in [-0.15, -0.1) is 5.10 Å². The number of hydrogen-bond acceptors (Lipinski definition) is 5. The number of amides is 1. The number of benzene rings is 1. The molecule has 1 N–H and O–H groups in total. The van der Waals surface area contributed by atoms with Crippen molar-refractivity contribution in [2.24, 2.45) is 0 Å². The molecule has 0 bridgehead atoms. The summed E-state index contributed by atoms with van der Waals surface area (Å²) in [6, 6.07) is 7.65. The van der Waals surface area contributed by atoms with E-state index in [0.717, 1.165) is 42.9 Å². The van der Waals surface area contributed by atoms with Crippen LogP contribution in [0.3, 0.4) is 0 Å². The zero-order valence-electron chi connectivity index (χ0n) is 14.1. The first-order valence-corrected chi connectivity index (χ1v) is 9.36. The Morgan fingerprint density at radius 1 is 1.28 bits per heavy atom. The van der Waals surface area contributed by atoms with Crippen LogP contribution in [0.15, 0.2) is 30.5 Å². The van der Waals surface area contributed by atoms with E-state index in [1.54, 1.807) is 4.90 Å². The summed E-state index contributed by atoms with van der Waals surface area (Å²) in [6.45, 7) is 2.66. The van der Waals surface area contributed by atoms with Crippen molar-refractivity contribution in [2.75, 3.05) is 10.7 Å². The molecular weight excluding hydrogens is 354 g/mol. The molecule has 0 aliphatic carbocycles. The van der Waals surface area contributed by atoms with Gasteiger partial charge in [-0.2, -0.15) is 12.6 Å². The lowest BCUT2D eigenvalue weighted by Crippen LogP contribution is -2.30. The van der Waals surface area contributed by atoms with Crippen LogP contribution in [0.25, 0.3) is 0 Å². The average molecular weight is 376 g/mol. The highest BCUT2D eigenvalue weighted by Gasteiger charge is 2.33. The second-order valence-corrected chi connectivity index (χ2v) is 6.90. The third-order valence-corrected chi connectivity index (χ3v) is 4.75. The molecule has 8 heteroatoms. The number of anilines is 1. The molecule has 1 fully saturated rings. The number of carbonyl (C=O) groups is 1. The fourth-order valence-corrected chi connectivity index (χ4v) is 3.24. The number of hydrogen-bond donors (Lipinski definition) is 2. The molecule has 1 saturated heterocycles. The van der Waals surface area contributed by atoms with Crippen molar-refractivity contribution in [3.05, 3.63) is 41.7 Å². The molecule has 0 spiro atoms. The van der Waals surface area contributed by atoms with Crippen molar-refractivity contribution in [1.82, 2.24) is 20.3 Å². The summed E-state index contributed by atoms with van der Waals surface area (Å²) in [5.74, 6) is 0.828. The van der Waals surface area contributed by atoms with Crippen LogP contribution in [0, 0.1) is 0 Å². The minimum absolute atomic E-state index is 0.0180. The van der Waals surface area contributed by atoms with Crippen LogP contribution in [0.4, 0.5) is 5.69 Å². The summed E-state index contributed by atoms with van der Waals surface area (Å²) in [5, 5.41) is 11.8. The minimum Gasteiger partial charge on any atom is -0.350 e. The van der Waals surface area contributed by atoms with Crippen LogP contribution in [-0.2, 0) is 24.2 Å². The molecule has 132 valence electrons. The molecule has 1 aliphatic rings. The Morgan fingerprint density at radius 2 is 2.04 bits per heavy atom. The standard InChI is InChI=1S/C17H21N5OS2/c1-12-16(23)22(17(25)18-12)15-7-4-13(5-8-15)3-6-14-11-21(20-19-14)9-2-10-24/h4-5,7-8,11-12,24H,2-3,6,9-10H2,1H3,(H,18,25). The molecule has 0 radical (unpaired) electrons. The SMILES string of the molecule is CC1NC(=S)N(c2ccc(CCc3cn(CCCS)nn3)cc2)C1=O. The van der Waals surface area contributed by atoms with E-state index in [4.69, 9.17) is 12.2 Å². The van der Waals surface area contributed by atoms with Crippen molar-refractivity contribution in [3.8, 4) is 0 Å². The highest BCUT2D eigenvalue weighted by atomic mass is 32.1. The number of nitrogens with zero attached hydrogens (tertiary/aromatic N) is 4. The predicted octanol–water partition coefficient (Wildman–Crippen LogP) is 1.99. The van der Waals surface area contributed by atoms with Crippen molar-refractivity contribution >= 4 is 41.6 Å². The van der Waals surface area contributed by atoms with Gasteiger partial charge < -0.3 is 5.32 Å². The van der Waals surface area contributed by atoms with Gasteiger partial charge in [0.15, 0.2) is 5.11 Å². The molecule has 2 heterocycles. The maximum Gasteiger partial charge on any atom is 0.255 e. The Balaban J connectivity index is 1.59. The molecule has 1 aromatic carbocycles. The number of thiocarbonyl (C=S) groups is 1. The zero-order chi connectivity index (χ0) is 17.8. The van der Waals surface area contributed by atoms with Crippen molar-refractivity contribution in [1.29, 1.82) is 0 Å². The normalized spacial score (nSPS) is 17.2. The van der Waals surface area contributed by atoms with E-state index < -0.39 is 0 Å². The van der Waals surface area contributed by atoms with Gasteiger partial charge in [0.1, 0.15) is 6.04 Å². The molecule has 3 rings (SSSR count). The second kappa shape index (κ2) is 7.97. The van der Waals surface area contributed by atoms with Gasteiger partial charge in [-0.25, -0.2) is 0 Å². The highest BCUT2D eigenvalue weighted by molar-refractivity contribution is 7.80. The first kappa shape index (κ1) is 17.9. The van der Waals surface area contributed by atoms with Crippen LogP contribution < -0.4 is 10.2 Å². The molecular formula is C17H21N5OS2. The quantitative estimate of drug-likeness (QED) is 0.572. The molecule has 1 aliphatic heterocycles. The van der Waals surface area contributed by atoms with E-state index in [2.05, 4.69) is 28.3 Å². The van der Waals surface area contributed by atoms with E-state index in [1.165, 1.54) is 5.56 Å². The first-order chi connectivity index (χ1) is 12.1. The van der Waals surface area contributed by atoms with Gasteiger partial charge in [0.2, 0.25) is 0 Å². The second-order valence-electron chi connectivity index (χ2n) is 6.06. The maximum absolute atomic E-state index is 12.1. The number of carbonyl (C=O) groups excluding carboxylic acids is 1. The van der Waals surface area contributed by atoms with Gasteiger partial charge in [0, 0.05) is 12.7 Å². The van der Waals surface area contributed by atoms with E-state index in [-0.39, 0.29) is 11.9 Å². The van der Waals surface area contributed by atoms with E-state index in [0.29, 0.717) is 5.11 Å². The van der Waals surface area contributed by atoms with Crippen molar-refractivity contribution in [2.45, 2.75) is 38.8 Å². The Morgan fingerprint density at radius 3 is 2.68 bits per heavy atom. The third-order valence-electron chi connectivity index (χ3n) is 4.13. The Hall–Kier alpha value is -1.93. The van der Waals surface area contributed by atoms with Crippen molar-refractivity contribution < 1.29 is 4.79 Å². The monoisotopic (exact) mass is 375 g/mol. The Kier molecular flexibility index (Phi) is 5.70. The lowest BCUT2D eigenvalue weighted by atomic mass is 10.1. The van der Waals surface area contributed by atoms with Crippen LogP contribution in [0.2, 0.25) is 0 Å². The summed E-state index contributed by atoms with van der Waals surface area (Å²) in [6.07, 6.45) is 4.68. The minimum atomic E-state index is -0.266. The van der Waals surface area contributed by atoms with Crippen LogP contribution >= 0.6 is 24.8 Å². The summed E-state index contributed by atoms with van der Waals surface area (Å²) >= 11 is 9.43. The number of aromatic nitrogens is 3. The van der Waals surface area contributed by atoms with Crippen LogP contribution in [0.5, 0.6) is 0 Å². The third kappa shape index (κ3) is 4.19. The Labute approximate surface area is 158 Å². The molecule has 1 amide bonds. The van der Waals surface area contributed by atoms with E-state index in [9.17, 15) is 4.79 Å². The number of aryl methyl sites for hydroxylation is 3. The average Bonchev–Trinajstić information content (AvgIpc) is 3.16. The summed E-state index contributed by atoms with van der Waals surface area (Å²) < 4.78 is 1.86.